The molecule has 0 saturated heterocycles. The third-order valence-electron chi connectivity index (χ3n) is 2.88. The molecule has 3 nitrogen and oxygen atoms in total. The van der Waals surface area contributed by atoms with Crippen molar-refractivity contribution in [2.45, 2.75) is 50.7 Å². The molecule has 0 aromatic rings. The van der Waals surface area contributed by atoms with Crippen molar-refractivity contribution in [3.05, 3.63) is 0 Å². The monoisotopic (exact) mass is 187 g/mol. The molecule has 1 aliphatic rings. The van der Waals surface area contributed by atoms with Crippen molar-refractivity contribution < 1.29 is 10.2 Å². The summed E-state index contributed by atoms with van der Waals surface area (Å²) in [6.07, 6.45) is 4.90. The summed E-state index contributed by atoms with van der Waals surface area (Å²) in [5.41, 5.74) is -0.469. The van der Waals surface area contributed by atoms with E-state index in [1.807, 2.05) is 6.92 Å². The second-order valence-electron chi connectivity index (χ2n) is 4.23. The minimum absolute atomic E-state index is 0.215. The van der Waals surface area contributed by atoms with Crippen LogP contribution in [0.15, 0.2) is 0 Å². The lowest BCUT2D eigenvalue weighted by molar-refractivity contribution is 0.0445. The topological polar surface area (TPSA) is 52.5 Å². The van der Waals surface area contributed by atoms with E-state index in [1.54, 1.807) is 0 Å². The van der Waals surface area contributed by atoms with Crippen LogP contribution in [-0.2, 0) is 0 Å². The van der Waals surface area contributed by atoms with Crippen LogP contribution in [0.4, 0.5) is 0 Å². The fourth-order valence-electron chi connectivity index (χ4n) is 1.87. The van der Waals surface area contributed by atoms with Crippen LogP contribution in [0.3, 0.4) is 0 Å². The van der Waals surface area contributed by atoms with Crippen LogP contribution in [0.25, 0.3) is 0 Å². The van der Waals surface area contributed by atoms with E-state index in [2.05, 4.69) is 5.32 Å². The Kier molecular flexibility index (Phi) is 4.16. The molecule has 3 heteroatoms. The zero-order chi connectivity index (χ0) is 9.73. The smallest absolute Gasteiger partial charge is 0.0771 e. The number of aliphatic hydroxyl groups excluding tert-OH is 1. The third-order valence-corrected chi connectivity index (χ3v) is 2.88. The van der Waals surface area contributed by atoms with Crippen molar-refractivity contribution in [2.75, 3.05) is 13.2 Å². The lowest BCUT2D eigenvalue weighted by Crippen LogP contribution is -2.42. The first-order chi connectivity index (χ1) is 6.16. The van der Waals surface area contributed by atoms with Gasteiger partial charge in [-0.3, -0.25) is 0 Å². The second kappa shape index (κ2) is 4.94. The molecule has 1 rings (SSSR count). The number of hydrogen-bond donors (Lipinski definition) is 3. The van der Waals surface area contributed by atoms with Gasteiger partial charge in [-0.15, -0.1) is 0 Å². The maximum atomic E-state index is 9.98. The number of rotatable bonds is 5. The van der Waals surface area contributed by atoms with Crippen LogP contribution in [-0.4, -0.2) is 35.0 Å². The highest BCUT2D eigenvalue weighted by molar-refractivity contribution is 4.86. The van der Waals surface area contributed by atoms with Crippen molar-refractivity contribution in [3.8, 4) is 0 Å². The largest absolute Gasteiger partial charge is 0.396 e. The number of nitrogens with one attached hydrogen (secondary N) is 1. The molecule has 0 heterocycles. The van der Waals surface area contributed by atoms with E-state index >= 15 is 0 Å². The molecule has 1 saturated carbocycles. The van der Waals surface area contributed by atoms with Crippen LogP contribution in [0.1, 0.15) is 39.0 Å². The summed E-state index contributed by atoms with van der Waals surface area (Å²) < 4.78 is 0. The molecule has 1 fully saturated rings. The first-order valence-corrected chi connectivity index (χ1v) is 5.23. The maximum absolute atomic E-state index is 9.98. The van der Waals surface area contributed by atoms with E-state index < -0.39 is 5.60 Å². The Hall–Kier alpha value is -0.120. The first kappa shape index (κ1) is 11.0. The molecule has 0 aromatic carbocycles. The van der Waals surface area contributed by atoms with E-state index in [0.717, 1.165) is 32.1 Å². The maximum Gasteiger partial charge on any atom is 0.0771 e. The molecule has 1 atom stereocenters. The quantitative estimate of drug-likeness (QED) is 0.592. The Morgan fingerprint density at radius 2 is 2.00 bits per heavy atom. The lowest BCUT2D eigenvalue weighted by atomic mass is 10.0. The molecule has 13 heavy (non-hydrogen) atoms. The van der Waals surface area contributed by atoms with Crippen molar-refractivity contribution in [3.63, 3.8) is 0 Å². The predicted octanol–water partition coefficient (Wildman–Crippen LogP) is 0.652. The summed E-state index contributed by atoms with van der Waals surface area (Å²) in [6.45, 7) is 2.93. The van der Waals surface area contributed by atoms with E-state index in [9.17, 15) is 5.11 Å². The minimum atomic E-state index is -0.469. The normalized spacial score (nSPS) is 23.3. The van der Waals surface area contributed by atoms with Gasteiger partial charge in [-0.05, 0) is 26.2 Å². The van der Waals surface area contributed by atoms with Gasteiger partial charge < -0.3 is 15.5 Å². The SMILES string of the molecule is CC(CCO)NCC1(O)CCCC1. The molecule has 0 aliphatic heterocycles. The Bertz CT molecular complexity index is 144. The van der Waals surface area contributed by atoms with E-state index in [-0.39, 0.29) is 6.61 Å². The fourth-order valence-corrected chi connectivity index (χ4v) is 1.87. The summed E-state index contributed by atoms with van der Waals surface area (Å²) in [4.78, 5) is 0. The van der Waals surface area contributed by atoms with Crippen molar-refractivity contribution in [2.24, 2.45) is 0 Å². The van der Waals surface area contributed by atoms with Crippen LogP contribution in [0, 0.1) is 0 Å². The molecular weight excluding hydrogens is 166 g/mol. The zero-order valence-corrected chi connectivity index (χ0v) is 8.42. The number of hydrogen-bond acceptors (Lipinski definition) is 3. The Labute approximate surface area is 80.2 Å². The van der Waals surface area contributed by atoms with Gasteiger partial charge in [0.25, 0.3) is 0 Å². The second-order valence-corrected chi connectivity index (χ2v) is 4.23. The zero-order valence-electron chi connectivity index (χ0n) is 8.42. The Morgan fingerprint density at radius 1 is 1.38 bits per heavy atom. The molecule has 78 valence electrons. The van der Waals surface area contributed by atoms with Crippen LogP contribution >= 0.6 is 0 Å². The summed E-state index contributed by atoms with van der Waals surface area (Å²) in [5.74, 6) is 0. The van der Waals surface area contributed by atoms with Gasteiger partial charge in [-0.2, -0.15) is 0 Å². The lowest BCUT2D eigenvalue weighted by Gasteiger charge is -2.24. The standard InChI is InChI=1S/C10H21NO2/c1-9(4-7-12)11-8-10(13)5-2-3-6-10/h9,11-13H,2-8H2,1H3. The van der Waals surface area contributed by atoms with Crippen LogP contribution < -0.4 is 5.32 Å². The highest BCUT2D eigenvalue weighted by Gasteiger charge is 2.30. The molecule has 1 aliphatic carbocycles. The minimum Gasteiger partial charge on any atom is -0.396 e. The third kappa shape index (κ3) is 3.63. The summed E-state index contributed by atoms with van der Waals surface area (Å²) >= 11 is 0. The Balaban J connectivity index is 2.17. The molecule has 0 spiro atoms. The Morgan fingerprint density at radius 3 is 2.54 bits per heavy atom. The van der Waals surface area contributed by atoms with Gasteiger partial charge >= 0.3 is 0 Å². The van der Waals surface area contributed by atoms with Gasteiger partial charge in [-0.25, -0.2) is 0 Å². The molecular formula is C10H21NO2. The molecule has 0 aromatic heterocycles. The molecule has 0 amide bonds. The molecule has 0 bridgehead atoms. The summed E-state index contributed by atoms with van der Waals surface area (Å²) in [6, 6.07) is 0.301. The van der Waals surface area contributed by atoms with E-state index in [0.29, 0.717) is 12.6 Å². The van der Waals surface area contributed by atoms with Crippen LogP contribution in [0.2, 0.25) is 0 Å². The summed E-state index contributed by atoms with van der Waals surface area (Å²) in [5, 5.41) is 21.9. The summed E-state index contributed by atoms with van der Waals surface area (Å²) in [7, 11) is 0. The number of aliphatic hydroxyl groups is 2. The first-order valence-electron chi connectivity index (χ1n) is 5.23. The molecule has 1 unspecified atom stereocenters. The highest BCUT2D eigenvalue weighted by atomic mass is 16.3. The van der Waals surface area contributed by atoms with Gasteiger partial charge in [0, 0.05) is 19.2 Å². The van der Waals surface area contributed by atoms with Crippen molar-refractivity contribution in [1.29, 1.82) is 0 Å². The van der Waals surface area contributed by atoms with Gasteiger partial charge in [0.2, 0.25) is 0 Å². The van der Waals surface area contributed by atoms with Gasteiger partial charge in [0.05, 0.1) is 5.60 Å². The van der Waals surface area contributed by atoms with Gasteiger partial charge in [0.1, 0.15) is 0 Å². The van der Waals surface area contributed by atoms with Crippen molar-refractivity contribution in [1.82, 2.24) is 5.32 Å². The van der Waals surface area contributed by atoms with Crippen molar-refractivity contribution >= 4 is 0 Å². The molecule has 0 radical (unpaired) electrons. The predicted molar refractivity (Wildman–Crippen MR) is 52.6 cm³/mol. The van der Waals surface area contributed by atoms with Gasteiger partial charge in [0.15, 0.2) is 0 Å². The van der Waals surface area contributed by atoms with Gasteiger partial charge in [-0.1, -0.05) is 12.8 Å². The average molecular weight is 187 g/mol. The van der Waals surface area contributed by atoms with Crippen LogP contribution in [0.5, 0.6) is 0 Å². The van der Waals surface area contributed by atoms with E-state index in [1.165, 1.54) is 0 Å². The highest BCUT2D eigenvalue weighted by Crippen LogP contribution is 2.28. The van der Waals surface area contributed by atoms with E-state index in [4.69, 9.17) is 5.11 Å². The fraction of sp³-hybridized carbons (Fsp3) is 1.00. The average Bonchev–Trinajstić information content (AvgIpc) is 2.51. The molecule has 3 N–H and O–H groups in total.